The van der Waals surface area contributed by atoms with E-state index in [0.29, 0.717) is 6.42 Å². The maximum absolute atomic E-state index is 13.0. The van der Waals surface area contributed by atoms with Crippen molar-refractivity contribution in [1.29, 1.82) is 0 Å². The standard InChI is InChI=1S/C31H36N2O3/c1-2-11-26-13-10-21-35-30(26)18-9-14-27(24-33-19-6-7-20-33)32-31(34)23-25-12-8-17-29(22-25)36-28-15-4-3-5-16-28/h1,3-5,8,11-12,15-18,22,27H,6-7,9-10,13-14,19-21,23-24H2,(H,32,34)/b26-11-,30-18+/t27-/m0/s1. The van der Waals surface area contributed by atoms with Crippen molar-refractivity contribution in [3.05, 3.63) is 83.6 Å². The van der Waals surface area contributed by atoms with Crippen molar-refractivity contribution in [3.8, 4) is 23.8 Å². The summed E-state index contributed by atoms with van der Waals surface area (Å²) in [4.78, 5) is 15.5. The predicted molar refractivity (Wildman–Crippen MR) is 144 cm³/mol. The molecule has 2 aliphatic rings. The van der Waals surface area contributed by atoms with Crippen LogP contribution in [0.15, 0.2) is 78.1 Å². The summed E-state index contributed by atoms with van der Waals surface area (Å²) in [5.74, 6) is 5.07. The summed E-state index contributed by atoms with van der Waals surface area (Å²) in [5.41, 5.74) is 2.03. The van der Waals surface area contributed by atoms with E-state index in [1.807, 2.05) is 60.7 Å². The summed E-state index contributed by atoms with van der Waals surface area (Å²) in [6.07, 6.45) is 15.8. The number of benzene rings is 2. The number of hydrogen-bond acceptors (Lipinski definition) is 4. The van der Waals surface area contributed by atoms with Gasteiger partial charge in [0.05, 0.1) is 13.0 Å². The first-order valence-electron chi connectivity index (χ1n) is 13.0. The first-order valence-corrected chi connectivity index (χ1v) is 13.0. The molecule has 1 N–H and O–H groups in total. The first-order chi connectivity index (χ1) is 17.7. The molecule has 0 unspecified atom stereocenters. The molecular weight excluding hydrogens is 448 g/mol. The Morgan fingerprint density at radius 3 is 2.72 bits per heavy atom. The molecule has 0 spiro atoms. The van der Waals surface area contributed by atoms with Crippen LogP contribution in [0.2, 0.25) is 0 Å². The van der Waals surface area contributed by atoms with Gasteiger partial charge >= 0.3 is 0 Å². The normalized spacial score (nSPS) is 19.0. The second kappa shape index (κ2) is 13.6. The smallest absolute Gasteiger partial charge is 0.224 e. The lowest BCUT2D eigenvalue weighted by Crippen LogP contribution is -2.43. The van der Waals surface area contributed by atoms with Crippen LogP contribution in [0.4, 0.5) is 0 Å². The van der Waals surface area contributed by atoms with Crippen LogP contribution in [0, 0.1) is 12.3 Å². The molecule has 4 rings (SSSR count). The summed E-state index contributed by atoms with van der Waals surface area (Å²) in [6.45, 7) is 3.81. The van der Waals surface area contributed by atoms with Crippen molar-refractivity contribution in [2.45, 2.75) is 51.0 Å². The van der Waals surface area contributed by atoms with Crippen LogP contribution in [-0.2, 0) is 16.0 Å². The molecule has 2 aromatic carbocycles. The maximum atomic E-state index is 13.0. The highest BCUT2D eigenvalue weighted by Crippen LogP contribution is 2.24. The minimum absolute atomic E-state index is 0.0329. The molecule has 1 atom stereocenters. The van der Waals surface area contributed by atoms with Crippen molar-refractivity contribution in [2.24, 2.45) is 0 Å². The molecule has 36 heavy (non-hydrogen) atoms. The molecule has 2 fully saturated rings. The lowest BCUT2D eigenvalue weighted by Gasteiger charge is -2.25. The summed E-state index contributed by atoms with van der Waals surface area (Å²) in [6, 6.07) is 17.5. The summed E-state index contributed by atoms with van der Waals surface area (Å²) >= 11 is 0. The maximum Gasteiger partial charge on any atom is 0.224 e. The SMILES string of the molecule is C#C/C=C1/CCCO/C1=C/CC[C@@H](CN1CCCC1)NC(=O)Cc1cccc(Oc2ccccc2)c1. The van der Waals surface area contributed by atoms with E-state index in [0.717, 1.165) is 80.3 Å². The topological polar surface area (TPSA) is 50.8 Å². The van der Waals surface area contributed by atoms with Crippen LogP contribution in [-0.4, -0.2) is 43.1 Å². The largest absolute Gasteiger partial charge is 0.494 e. The van der Waals surface area contributed by atoms with Crippen molar-refractivity contribution in [2.75, 3.05) is 26.2 Å². The highest BCUT2D eigenvalue weighted by molar-refractivity contribution is 5.79. The molecule has 0 bridgehead atoms. The minimum Gasteiger partial charge on any atom is -0.494 e. The average molecular weight is 485 g/mol. The Kier molecular flexibility index (Phi) is 9.64. The molecule has 2 heterocycles. The lowest BCUT2D eigenvalue weighted by molar-refractivity contribution is -0.121. The fourth-order valence-corrected chi connectivity index (χ4v) is 4.80. The number of nitrogens with one attached hydrogen (secondary N) is 1. The number of likely N-dealkylation sites (tertiary alicyclic amines) is 1. The van der Waals surface area contributed by atoms with E-state index in [2.05, 4.69) is 22.2 Å². The third-order valence-corrected chi connectivity index (χ3v) is 6.55. The Bertz CT molecular complexity index is 1090. The molecule has 5 heteroatoms. The van der Waals surface area contributed by atoms with Gasteiger partial charge in [0.1, 0.15) is 17.3 Å². The number of carbonyl (C=O) groups excluding carboxylic acids is 1. The molecule has 0 aromatic heterocycles. The van der Waals surface area contributed by atoms with Crippen LogP contribution in [0.1, 0.15) is 44.1 Å². The predicted octanol–water partition coefficient (Wildman–Crippen LogP) is 5.64. The van der Waals surface area contributed by atoms with E-state index in [4.69, 9.17) is 15.9 Å². The van der Waals surface area contributed by atoms with Crippen molar-refractivity contribution < 1.29 is 14.3 Å². The molecule has 0 radical (unpaired) electrons. The molecule has 0 aliphatic carbocycles. The highest BCUT2D eigenvalue weighted by atomic mass is 16.5. The lowest BCUT2D eigenvalue weighted by atomic mass is 10.0. The number of carbonyl (C=O) groups is 1. The van der Waals surface area contributed by atoms with Gasteiger partial charge in [0, 0.05) is 18.2 Å². The zero-order valence-electron chi connectivity index (χ0n) is 21.0. The molecule has 188 valence electrons. The monoisotopic (exact) mass is 484 g/mol. The van der Waals surface area contributed by atoms with Crippen LogP contribution >= 0.6 is 0 Å². The fourth-order valence-electron chi connectivity index (χ4n) is 4.80. The number of rotatable bonds is 10. The molecule has 2 aromatic rings. The Balaban J connectivity index is 1.35. The number of hydrogen-bond donors (Lipinski definition) is 1. The number of ether oxygens (including phenoxy) is 2. The van der Waals surface area contributed by atoms with Gasteiger partial charge in [-0.25, -0.2) is 0 Å². The second-order valence-corrected chi connectivity index (χ2v) is 9.45. The second-order valence-electron chi connectivity index (χ2n) is 9.45. The van der Waals surface area contributed by atoms with Gasteiger partial charge in [-0.05, 0) is 93.6 Å². The zero-order chi connectivity index (χ0) is 25.0. The molecule has 0 saturated carbocycles. The Morgan fingerprint density at radius 2 is 1.92 bits per heavy atom. The van der Waals surface area contributed by atoms with Crippen LogP contribution in [0.3, 0.4) is 0 Å². The quantitative estimate of drug-likeness (QED) is 0.444. The van der Waals surface area contributed by atoms with E-state index in [-0.39, 0.29) is 11.9 Å². The Labute approximate surface area is 215 Å². The Morgan fingerprint density at radius 1 is 1.11 bits per heavy atom. The fraction of sp³-hybridized carbons (Fsp3) is 0.387. The number of para-hydroxylation sites is 1. The summed E-state index contributed by atoms with van der Waals surface area (Å²) in [5, 5.41) is 3.30. The van der Waals surface area contributed by atoms with E-state index in [1.54, 1.807) is 0 Å². The van der Waals surface area contributed by atoms with E-state index in [9.17, 15) is 4.79 Å². The molecule has 2 aliphatic heterocycles. The van der Waals surface area contributed by atoms with Crippen LogP contribution in [0.25, 0.3) is 0 Å². The number of terminal acetylenes is 1. The number of nitrogens with zero attached hydrogens (tertiary/aromatic N) is 1. The molecular formula is C31H36N2O3. The zero-order valence-corrected chi connectivity index (χ0v) is 21.0. The van der Waals surface area contributed by atoms with Crippen LogP contribution < -0.4 is 10.1 Å². The summed E-state index contributed by atoms with van der Waals surface area (Å²) < 4.78 is 11.8. The van der Waals surface area contributed by atoms with Gasteiger partial charge in [-0.15, -0.1) is 6.42 Å². The van der Waals surface area contributed by atoms with Gasteiger partial charge in [-0.2, -0.15) is 0 Å². The first kappa shape index (κ1) is 25.6. The van der Waals surface area contributed by atoms with Crippen molar-refractivity contribution in [3.63, 3.8) is 0 Å². The van der Waals surface area contributed by atoms with Gasteiger partial charge in [-0.1, -0.05) is 36.3 Å². The van der Waals surface area contributed by atoms with Gasteiger partial charge in [0.2, 0.25) is 5.91 Å². The third kappa shape index (κ3) is 8.03. The molecule has 5 nitrogen and oxygen atoms in total. The number of allylic oxidation sites excluding steroid dienone is 3. The molecule has 2 saturated heterocycles. The van der Waals surface area contributed by atoms with Crippen molar-refractivity contribution in [1.82, 2.24) is 10.2 Å². The van der Waals surface area contributed by atoms with E-state index in [1.165, 1.54) is 12.8 Å². The van der Waals surface area contributed by atoms with Gasteiger partial charge < -0.3 is 19.7 Å². The number of amides is 1. The van der Waals surface area contributed by atoms with Gasteiger partial charge in [0.25, 0.3) is 0 Å². The van der Waals surface area contributed by atoms with Gasteiger partial charge in [-0.3, -0.25) is 4.79 Å². The van der Waals surface area contributed by atoms with Gasteiger partial charge in [0.15, 0.2) is 0 Å². The van der Waals surface area contributed by atoms with E-state index >= 15 is 0 Å². The average Bonchev–Trinajstić information content (AvgIpc) is 3.39. The van der Waals surface area contributed by atoms with E-state index < -0.39 is 0 Å². The van der Waals surface area contributed by atoms with Crippen LogP contribution in [0.5, 0.6) is 11.5 Å². The third-order valence-electron chi connectivity index (χ3n) is 6.55. The molecule has 1 amide bonds. The highest BCUT2D eigenvalue weighted by Gasteiger charge is 2.20. The van der Waals surface area contributed by atoms with Crippen molar-refractivity contribution >= 4 is 5.91 Å². The minimum atomic E-state index is 0.0329. The Hall–Kier alpha value is -3.49. The summed E-state index contributed by atoms with van der Waals surface area (Å²) in [7, 11) is 0.